The van der Waals surface area contributed by atoms with Crippen molar-refractivity contribution in [1.29, 1.82) is 0 Å². The monoisotopic (exact) mass is 468 g/mol. The van der Waals surface area contributed by atoms with Gasteiger partial charge in [0.2, 0.25) is 0 Å². The lowest BCUT2D eigenvalue weighted by molar-refractivity contribution is -0.136. The molecule has 0 saturated carbocycles. The molecule has 0 atom stereocenters. The molecule has 0 aliphatic heterocycles. The van der Waals surface area contributed by atoms with Crippen molar-refractivity contribution >= 4 is 27.9 Å². The number of benzene rings is 3. The Hall–Kier alpha value is -3.12. The normalized spacial score (nSPS) is 10.3. The van der Waals surface area contributed by atoms with Crippen molar-refractivity contribution in [2.24, 2.45) is 0 Å². The molecule has 0 aromatic heterocycles. The van der Waals surface area contributed by atoms with E-state index >= 15 is 0 Å². The van der Waals surface area contributed by atoms with Gasteiger partial charge >= 0.3 is 11.9 Å². The van der Waals surface area contributed by atoms with Gasteiger partial charge in [0.1, 0.15) is 11.5 Å². The van der Waals surface area contributed by atoms with Crippen LogP contribution in [0.3, 0.4) is 0 Å². The predicted octanol–water partition coefficient (Wildman–Crippen LogP) is 5.67. The van der Waals surface area contributed by atoms with Crippen molar-refractivity contribution in [3.63, 3.8) is 0 Å². The highest BCUT2D eigenvalue weighted by Crippen LogP contribution is 2.30. The predicted molar refractivity (Wildman–Crippen MR) is 118 cm³/mol. The molecule has 0 saturated heterocycles. The van der Waals surface area contributed by atoms with Gasteiger partial charge in [-0.05, 0) is 63.8 Å². The Morgan fingerprint density at radius 3 is 2.43 bits per heavy atom. The molecule has 6 heteroatoms. The minimum absolute atomic E-state index is 0.257. The molecule has 30 heavy (non-hydrogen) atoms. The Balaban J connectivity index is 1.58. The first-order valence-corrected chi connectivity index (χ1v) is 10.3. The summed E-state index contributed by atoms with van der Waals surface area (Å²) >= 11 is 3.48. The number of hydrogen-bond donors (Lipinski definition) is 0. The highest BCUT2D eigenvalue weighted by Gasteiger charge is 2.12. The van der Waals surface area contributed by atoms with Gasteiger partial charge < -0.3 is 14.2 Å². The van der Waals surface area contributed by atoms with Crippen LogP contribution in [0.25, 0.3) is 11.1 Å². The molecule has 3 aromatic carbocycles. The molecule has 0 fully saturated rings. The second-order valence-corrected chi connectivity index (χ2v) is 7.29. The van der Waals surface area contributed by atoms with E-state index in [1.165, 1.54) is 6.07 Å². The summed E-state index contributed by atoms with van der Waals surface area (Å²) in [6.07, 6.45) is 0.736. The SMILES string of the molecule is CCCOC(=O)c1cccc(OC(=O)COc2ccc(-c3ccccc3)cc2Br)c1. The van der Waals surface area contributed by atoms with E-state index in [4.69, 9.17) is 14.2 Å². The average molecular weight is 469 g/mol. The molecule has 0 bridgehead atoms. The van der Waals surface area contributed by atoms with Crippen LogP contribution in [0.15, 0.2) is 77.3 Å². The van der Waals surface area contributed by atoms with Gasteiger partial charge in [-0.1, -0.05) is 49.4 Å². The molecule has 0 aliphatic rings. The standard InChI is InChI=1S/C24H21BrO5/c1-2-13-28-24(27)19-9-6-10-20(14-19)30-23(26)16-29-22-12-11-18(15-21(22)25)17-7-4-3-5-8-17/h3-12,14-15H,2,13,16H2,1H3. The van der Waals surface area contributed by atoms with Crippen LogP contribution in [0, 0.1) is 0 Å². The number of carbonyl (C=O) groups excluding carboxylic acids is 2. The van der Waals surface area contributed by atoms with Crippen molar-refractivity contribution in [3.05, 3.63) is 82.8 Å². The summed E-state index contributed by atoms with van der Waals surface area (Å²) in [6.45, 7) is 1.99. The van der Waals surface area contributed by atoms with Crippen LogP contribution < -0.4 is 9.47 Å². The first-order chi connectivity index (χ1) is 14.6. The van der Waals surface area contributed by atoms with E-state index in [0.29, 0.717) is 17.9 Å². The average Bonchev–Trinajstić information content (AvgIpc) is 2.77. The maximum Gasteiger partial charge on any atom is 0.349 e. The minimum atomic E-state index is -0.576. The molecule has 0 unspecified atom stereocenters. The highest BCUT2D eigenvalue weighted by atomic mass is 79.9. The first-order valence-electron chi connectivity index (χ1n) is 9.52. The van der Waals surface area contributed by atoms with Crippen LogP contribution in [0.2, 0.25) is 0 Å². The Kier molecular flexibility index (Phi) is 7.63. The van der Waals surface area contributed by atoms with Crippen LogP contribution in [0.4, 0.5) is 0 Å². The molecule has 0 aliphatic carbocycles. The zero-order chi connectivity index (χ0) is 21.3. The smallest absolute Gasteiger partial charge is 0.349 e. The van der Waals surface area contributed by atoms with E-state index in [0.717, 1.165) is 22.0 Å². The van der Waals surface area contributed by atoms with Crippen molar-refractivity contribution in [1.82, 2.24) is 0 Å². The summed E-state index contributed by atoms with van der Waals surface area (Å²) in [5.74, 6) is -0.238. The van der Waals surface area contributed by atoms with E-state index in [2.05, 4.69) is 15.9 Å². The van der Waals surface area contributed by atoms with Gasteiger partial charge in [0.25, 0.3) is 0 Å². The van der Waals surface area contributed by atoms with Gasteiger partial charge in [-0.25, -0.2) is 9.59 Å². The van der Waals surface area contributed by atoms with E-state index in [9.17, 15) is 9.59 Å². The van der Waals surface area contributed by atoms with Gasteiger partial charge in [0, 0.05) is 0 Å². The largest absolute Gasteiger partial charge is 0.481 e. The number of hydrogen-bond acceptors (Lipinski definition) is 5. The number of ether oxygens (including phenoxy) is 3. The lowest BCUT2D eigenvalue weighted by Gasteiger charge is -2.10. The second kappa shape index (κ2) is 10.6. The molecule has 0 amide bonds. The molecular formula is C24H21BrO5. The molecule has 154 valence electrons. The van der Waals surface area contributed by atoms with Gasteiger partial charge in [-0.3, -0.25) is 0 Å². The fourth-order valence-electron chi connectivity index (χ4n) is 2.69. The van der Waals surface area contributed by atoms with E-state index < -0.39 is 11.9 Å². The Morgan fingerprint density at radius 2 is 1.70 bits per heavy atom. The van der Waals surface area contributed by atoms with Gasteiger partial charge in [-0.15, -0.1) is 0 Å². The fraction of sp³-hybridized carbons (Fsp3) is 0.167. The first kappa shape index (κ1) is 21.6. The highest BCUT2D eigenvalue weighted by molar-refractivity contribution is 9.10. The third kappa shape index (κ3) is 5.94. The van der Waals surface area contributed by atoms with Crippen LogP contribution in [0.1, 0.15) is 23.7 Å². The maximum absolute atomic E-state index is 12.2. The summed E-state index contributed by atoms with van der Waals surface area (Å²) in [6, 6.07) is 21.9. The zero-order valence-electron chi connectivity index (χ0n) is 16.5. The zero-order valence-corrected chi connectivity index (χ0v) is 18.1. The van der Waals surface area contributed by atoms with Gasteiger partial charge in [0.15, 0.2) is 6.61 Å². The van der Waals surface area contributed by atoms with Crippen LogP contribution in [-0.4, -0.2) is 25.2 Å². The van der Waals surface area contributed by atoms with Crippen LogP contribution in [-0.2, 0) is 9.53 Å². The summed E-state index contributed by atoms with van der Waals surface area (Å²) in [5.41, 5.74) is 2.44. The van der Waals surface area contributed by atoms with Crippen molar-refractivity contribution < 1.29 is 23.8 Å². The van der Waals surface area contributed by atoms with Gasteiger partial charge in [0.05, 0.1) is 16.6 Å². The third-order valence-electron chi connectivity index (χ3n) is 4.12. The van der Waals surface area contributed by atoms with Crippen molar-refractivity contribution in [3.8, 4) is 22.6 Å². The fourth-order valence-corrected chi connectivity index (χ4v) is 3.18. The minimum Gasteiger partial charge on any atom is -0.481 e. The molecule has 0 spiro atoms. The molecule has 3 rings (SSSR count). The van der Waals surface area contributed by atoms with E-state index in [1.54, 1.807) is 24.3 Å². The molecule has 0 heterocycles. The number of carbonyl (C=O) groups is 2. The molecule has 3 aromatic rings. The van der Waals surface area contributed by atoms with E-state index in [-0.39, 0.29) is 12.4 Å². The number of halogens is 1. The Morgan fingerprint density at radius 1 is 0.900 bits per heavy atom. The topological polar surface area (TPSA) is 61.8 Å². The molecule has 0 radical (unpaired) electrons. The van der Waals surface area contributed by atoms with Gasteiger partial charge in [-0.2, -0.15) is 0 Å². The summed E-state index contributed by atoms with van der Waals surface area (Å²) < 4.78 is 16.7. The van der Waals surface area contributed by atoms with Crippen LogP contribution in [0.5, 0.6) is 11.5 Å². The maximum atomic E-state index is 12.2. The second-order valence-electron chi connectivity index (χ2n) is 6.44. The summed E-state index contributed by atoms with van der Waals surface area (Å²) in [5, 5.41) is 0. The molecule has 0 N–H and O–H groups in total. The third-order valence-corrected chi connectivity index (χ3v) is 4.74. The Labute approximate surface area is 183 Å². The van der Waals surface area contributed by atoms with Crippen molar-refractivity contribution in [2.45, 2.75) is 13.3 Å². The Bertz CT molecular complexity index is 1020. The summed E-state index contributed by atoms with van der Waals surface area (Å²) in [7, 11) is 0. The lowest BCUT2D eigenvalue weighted by Crippen LogP contribution is -2.18. The summed E-state index contributed by atoms with van der Waals surface area (Å²) in [4.78, 5) is 24.1. The molecule has 5 nitrogen and oxygen atoms in total. The number of esters is 2. The number of rotatable bonds is 8. The lowest BCUT2D eigenvalue weighted by atomic mass is 10.1. The van der Waals surface area contributed by atoms with Crippen LogP contribution >= 0.6 is 15.9 Å². The van der Waals surface area contributed by atoms with E-state index in [1.807, 2.05) is 49.4 Å². The molecular weight excluding hydrogens is 448 g/mol. The van der Waals surface area contributed by atoms with Crippen molar-refractivity contribution in [2.75, 3.05) is 13.2 Å². The quantitative estimate of drug-likeness (QED) is 0.315.